The summed E-state index contributed by atoms with van der Waals surface area (Å²) in [6, 6.07) is 10.9. The second kappa shape index (κ2) is 8.84. The molecule has 0 bridgehead atoms. The Morgan fingerprint density at radius 2 is 1.75 bits per heavy atom. The minimum atomic E-state index is -3.92. The smallest absolute Gasteiger partial charge is 0.261 e. The van der Waals surface area contributed by atoms with Crippen molar-refractivity contribution in [3.8, 4) is 5.75 Å². The lowest BCUT2D eigenvalue weighted by molar-refractivity contribution is 0.0762. The van der Waals surface area contributed by atoms with Gasteiger partial charge in [0.2, 0.25) is 0 Å². The normalized spacial score (nSPS) is 15.0. The molecule has 0 aliphatic carbocycles. The number of nitrogens with zero attached hydrogens (tertiary/aromatic N) is 1. The van der Waals surface area contributed by atoms with Gasteiger partial charge in [-0.1, -0.05) is 36.6 Å². The summed E-state index contributed by atoms with van der Waals surface area (Å²) in [6.07, 6.45) is 4.14. The molecule has 0 radical (unpaired) electrons. The fourth-order valence-electron chi connectivity index (χ4n) is 3.22. The van der Waals surface area contributed by atoms with Crippen LogP contribution in [0.5, 0.6) is 5.75 Å². The molecule has 0 saturated carbocycles. The zero-order valence-corrected chi connectivity index (χ0v) is 17.2. The van der Waals surface area contributed by atoms with Crippen molar-refractivity contribution in [3.05, 3.63) is 53.1 Å². The van der Waals surface area contributed by atoms with Gasteiger partial charge >= 0.3 is 0 Å². The van der Waals surface area contributed by atoms with Gasteiger partial charge in [-0.25, -0.2) is 8.42 Å². The highest BCUT2D eigenvalue weighted by molar-refractivity contribution is 7.92. The van der Waals surface area contributed by atoms with Gasteiger partial charge in [-0.15, -0.1) is 0 Å². The summed E-state index contributed by atoms with van der Waals surface area (Å²) in [5.74, 6) is 0.227. The molecule has 0 unspecified atom stereocenters. The number of amides is 1. The lowest BCUT2D eigenvalue weighted by Gasteiger charge is -2.22. The molecule has 0 atom stereocenters. The van der Waals surface area contributed by atoms with Crippen LogP contribution in [0.25, 0.3) is 0 Å². The Labute approximate surface area is 170 Å². The molecule has 0 aromatic heterocycles. The Kier molecular flexibility index (Phi) is 6.46. The number of methoxy groups -OCH3 is 1. The van der Waals surface area contributed by atoms with Crippen molar-refractivity contribution in [2.45, 2.75) is 30.6 Å². The molecule has 8 heteroatoms. The zero-order valence-electron chi connectivity index (χ0n) is 15.7. The van der Waals surface area contributed by atoms with Crippen LogP contribution in [0, 0.1) is 0 Å². The minimum absolute atomic E-state index is 0.00433. The number of carbonyl (C=O) groups excluding carboxylic acids is 1. The lowest BCUT2D eigenvalue weighted by atomic mass is 10.1. The maximum Gasteiger partial charge on any atom is 0.261 e. The van der Waals surface area contributed by atoms with Crippen LogP contribution in [0.15, 0.2) is 47.4 Å². The summed E-state index contributed by atoms with van der Waals surface area (Å²) in [4.78, 5) is 14.8. The molecule has 1 saturated heterocycles. The maximum atomic E-state index is 13.0. The summed E-state index contributed by atoms with van der Waals surface area (Å²) in [5, 5.41) is 0.194. The van der Waals surface area contributed by atoms with Crippen molar-refractivity contribution in [2.75, 3.05) is 24.9 Å². The highest BCUT2D eigenvalue weighted by Crippen LogP contribution is 2.29. The first-order chi connectivity index (χ1) is 13.4. The van der Waals surface area contributed by atoms with Gasteiger partial charge in [0.05, 0.1) is 28.3 Å². The van der Waals surface area contributed by atoms with Crippen LogP contribution in [-0.4, -0.2) is 39.4 Å². The molecule has 0 spiro atoms. The molecule has 3 rings (SSSR count). The number of hydrogen-bond acceptors (Lipinski definition) is 4. The van der Waals surface area contributed by atoms with Gasteiger partial charge in [-0.3, -0.25) is 9.52 Å². The molecule has 150 valence electrons. The summed E-state index contributed by atoms with van der Waals surface area (Å²) in [6.45, 7) is 1.38. The zero-order chi connectivity index (χ0) is 20.1. The van der Waals surface area contributed by atoms with Gasteiger partial charge in [-0.2, -0.15) is 0 Å². The molecular formula is C20H23ClN2O4S. The molecule has 2 aromatic carbocycles. The first-order valence-corrected chi connectivity index (χ1v) is 11.0. The number of benzene rings is 2. The molecule has 1 fully saturated rings. The van der Waals surface area contributed by atoms with E-state index in [0.29, 0.717) is 24.4 Å². The third-order valence-electron chi connectivity index (χ3n) is 4.73. The number of ether oxygens (including phenoxy) is 1. The van der Waals surface area contributed by atoms with E-state index in [9.17, 15) is 13.2 Å². The average Bonchev–Trinajstić information content (AvgIpc) is 2.97. The summed E-state index contributed by atoms with van der Waals surface area (Å²) < 4.78 is 33.2. The van der Waals surface area contributed by atoms with E-state index in [0.717, 1.165) is 25.7 Å². The number of carbonyl (C=O) groups is 1. The Morgan fingerprint density at radius 3 is 2.39 bits per heavy atom. The van der Waals surface area contributed by atoms with Crippen LogP contribution in [0.2, 0.25) is 5.02 Å². The fourth-order valence-corrected chi connectivity index (χ4v) is 4.65. The number of halogens is 1. The largest absolute Gasteiger partial charge is 0.495 e. The van der Waals surface area contributed by atoms with E-state index in [4.69, 9.17) is 16.3 Å². The fraction of sp³-hybridized carbons (Fsp3) is 0.350. The number of anilines is 1. The molecule has 1 aliphatic rings. The van der Waals surface area contributed by atoms with Crippen molar-refractivity contribution < 1.29 is 17.9 Å². The summed E-state index contributed by atoms with van der Waals surface area (Å²) >= 11 is 6.06. The monoisotopic (exact) mass is 422 g/mol. The SMILES string of the molecule is COc1ccc(S(=O)(=O)Nc2ccccc2C(=O)N2CCCCCC2)cc1Cl. The van der Waals surface area contributed by atoms with Gasteiger partial charge in [0.25, 0.3) is 15.9 Å². The first kappa shape index (κ1) is 20.5. The minimum Gasteiger partial charge on any atom is -0.495 e. The van der Waals surface area contributed by atoms with E-state index in [1.54, 1.807) is 29.2 Å². The van der Waals surface area contributed by atoms with Gasteiger partial charge in [-0.05, 0) is 43.2 Å². The van der Waals surface area contributed by atoms with E-state index in [-0.39, 0.29) is 21.5 Å². The average molecular weight is 423 g/mol. The predicted octanol–water partition coefficient (Wildman–Crippen LogP) is 4.17. The number of rotatable bonds is 5. The van der Waals surface area contributed by atoms with Crippen LogP contribution < -0.4 is 9.46 Å². The van der Waals surface area contributed by atoms with Crippen molar-refractivity contribution in [3.63, 3.8) is 0 Å². The molecule has 6 nitrogen and oxygen atoms in total. The third kappa shape index (κ3) is 4.59. The second-order valence-corrected chi connectivity index (χ2v) is 8.74. The Balaban J connectivity index is 1.88. The molecule has 1 aliphatic heterocycles. The Bertz CT molecular complexity index is 954. The van der Waals surface area contributed by atoms with Crippen molar-refractivity contribution >= 4 is 33.2 Å². The van der Waals surface area contributed by atoms with Gasteiger partial charge in [0.15, 0.2) is 0 Å². The van der Waals surface area contributed by atoms with E-state index >= 15 is 0 Å². The highest BCUT2D eigenvalue weighted by atomic mass is 35.5. The number of para-hydroxylation sites is 1. The molecule has 28 heavy (non-hydrogen) atoms. The van der Waals surface area contributed by atoms with E-state index in [1.807, 2.05) is 0 Å². The number of sulfonamides is 1. The van der Waals surface area contributed by atoms with Crippen LogP contribution in [0.4, 0.5) is 5.69 Å². The third-order valence-corrected chi connectivity index (χ3v) is 6.39. The van der Waals surface area contributed by atoms with Crippen molar-refractivity contribution in [1.82, 2.24) is 4.90 Å². The Hall–Kier alpha value is -2.25. The van der Waals surface area contributed by atoms with Crippen LogP contribution >= 0.6 is 11.6 Å². The van der Waals surface area contributed by atoms with Crippen molar-refractivity contribution in [2.24, 2.45) is 0 Å². The topological polar surface area (TPSA) is 75.7 Å². The predicted molar refractivity (Wildman–Crippen MR) is 110 cm³/mol. The quantitative estimate of drug-likeness (QED) is 0.784. The lowest BCUT2D eigenvalue weighted by Crippen LogP contribution is -2.32. The first-order valence-electron chi connectivity index (χ1n) is 9.17. The van der Waals surface area contributed by atoms with Gasteiger partial charge in [0.1, 0.15) is 5.75 Å². The van der Waals surface area contributed by atoms with E-state index in [2.05, 4.69) is 4.72 Å². The van der Waals surface area contributed by atoms with E-state index < -0.39 is 10.0 Å². The molecule has 1 heterocycles. The van der Waals surface area contributed by atoms with Crippen LogP contribution in [0.3, 0.4) is 0 Å². The van der Waals surface area contributed by atoms with Gasteiger partial charge < -0.3 is 9.64 Å². The maximum absolute atomic E-state index is 13.0. The molecular weight excluding hydrogens is 400 g/mol. The standard InChI is InChI=1S/C20H23ClN2O4S/c1-27-19-11-10-15(14-17(19)21)28(25,26)22-18-9-5-4-8-16(18)20(24)23-12-6-2-3-7-13-23/h4-5,8-11,14,22H,2-3,6-7,12-13H2,1H3. The molecule has 2 aromatic rings. The van der Waals surface area contributed by atoms with Gasteiger partial charge in [0, 0.05) is 13.1 Å². The van der Waals surface area contributed by atoms with Crippen molar-refractivity contribution in [1.29, 1.82) is 0 Å². The molecule has 1 N–H and O–H groups in total. The number of nitrogens with one attached hydrogen (secondary N) is 1. The Morgan fingerprint density at radius 1 is 1.07 bits per heavy atom. The summed E-state index contributed by atoms with van der Waals surface area (Å²) in [5.41, 5.74) is 0.594. The van der Waals surface area contributed by atoms with E-state index in [1.165, 1.54) is 25.3 Å². The number of hydrogen-bond donors (Lipinski definition) is 1. The van der Waals surface area contributed by atoms with Crippen LogP contribution in [0.1, 0.15) is 36.0 Å². The second-order valence-electron chi connectivity index (χ2n) is 6.65. The number of likely N-dealkylation sites (tertiary alicyclic amines) is 1. The highest BCUT2D eigenvalue weighted by Gasteiger charge is 2.23. The van der Waals surface area contributed by atoms with Crippen LogP contribution in [-0.2, 0) is 10.0 Å². The molecule has 1 amide bonds. The summed E-state index contributed by atoms with van der Waals surface area (Å²) in [7, 11) is -2.46.